The summed E-state index contributed by atoms with van der Waals surface area (Å²) in [5, 5.41) is 17.6. The van der Waals surface area contributed by atoms with Crippen LogP contribution in [0.3, 0.4) is 0 Å². The Bertz CT molecular complexity index is 1340. The quantitative estimate of drug-likeness (QED) is 0.482. The van der Waals surface area contributed by atoms with E-state index in [4.69, 9.17) is 0 Å². The average molecular weight is 441 g/mol. The lowest BCUT2D eigenvalue weighted by Gasteiger charge is -2.27. The van der Waals surface area contributed by atoms with Crippen molar-refractivity contribution in [3.8, 4) is 11.4 Å². The Morgan fingerprint density at radius 1 is 0.939 bits per heavy atom. The van der Waals surface area contributed by atoms with Gasteiger partial charge in [0.2, 0.25) is 0 Å². The van der Waals surface area contributed by atoms with Crippen molar-refractivity contribution in [1.29, 1.82) is 0 Å². The maximum atomic E-state index is 13.4. The number of anilines is 2. The second kappa shape index (κ2) is 8.65. The van der Waals surface area contributed by atoms with Crippen LogP contribution in [-0.2, 0) is 7.05 Å². The fraction of sp³-hybridized carbons (Fsp3) is 0.308. The number of aryl methyl sites for hydroxylation is 2. The van der Waals surface area contributed by atoms with Gasteiger partial charge in [-0.1, -0.05) is 30.3 Å². The minimum Gasteiger partial charge on any atom is -0.355 e. The Kier molecular flexibility index (Phi) is 5.54. The van der Waals surface area contributed by atoms with Gasteiger partial charge in [0.1, 0.15) is 0 Å². The van der Waals surface area contributed by atoms with Crippen molar-refractivity contribution >= 4 is 28.1 Å². The summed E-state index contributed by atoms with van der Waals surface area (Å²) in [6, 6.07) is 16.3. The highest BCUT2D eigenvalue weighted by Gasteiger charge is 2.22. The number of nitrogens with one attached hydrogen (secondary N) is 1. The number of carbonyl (C=O) groups excluding carboxylic acids is 1. The molecule has 0 aliphatic carbocycles. The maximum Gasteiger partial charge on any atom is 0.254 e. The van der Waals surface area contributed by atoms with Crippen LogP contribution in [0, 0.1) is 13.8 Å². The molecule has 2 heterocycles. The molecule has 7 heteroatoms. The van der Waals surface area contributed by atoms with Crippen molar-refractivity contribution in [2.24, 2.45) is 7.05 Å². The first-order valence-corrected chi connectivity index (χ1v) is 11.5. The average Bonchev–Trinajstić information content (AvgIpc) is 3.26. The Morgan fingerprint density at radius 3 is 2.48 bits per heavy atom. The molecule has 0 radical (unpaired) electrons. The van der Waals surface area contributed by atoms with E-state index in [0.29, 0.717) is 0 Å². The topological polar surface area (TPSA) is 75.9 Å². The monoisotopic (exact) mass is 440 g/mol. The van der Waals surface area contributed by atoms with Crippen LogP contribution in [0.25, 0.3) is 22.2 Å². The van der Waals surface area contributed by atoms with Crippen molar-refractivity contribution < 1.29 is 4.79 Å². The van der Waals surface area contributed by atoms with Gasteiger partial charge in [0.25, 0.3) is 5.91 Å². The van der Waals surface area contributed by atoms with Crippen LogP contribution < -0.4 is 5.32 Å². The van der Waals surface area contributed by atoms with Gasteiger partial charge in [0.05, 0.1) is 0 Å². The van der Waals surface area contributed by atoms with Gasteiger partial charge in [-0.05, 0) is 78.2 Å². The molecule has 168 valence electrons. The second-order valence-corrected chi connectivity index (χ2v) is 8.74. The van der Waals surface area contributed by atoms with E-state index in [-0.39, 0.29) is 5.91 Å². The molecular formula is C26H28N6O. The molecular weight excluding hydrogens is 412 g/mol. The third kappa shape index (κ3) is 3.84. The van der Waals surface area contributed by atoms with Crippen molar-refractivity contribution in [3.05, 3.63) is 65.2 Å². The molecule has 0 spiro atoms. The molecule has 0 atom stereocenters. The first-order valence-electron chi connectivity index (χ1n) is 11.5. The number of likely N-dealkylation sites (tertiary alicyclic amines) is 1. The first-order chi connectivity index (χ1) is 16.0. The summed E-state index contributed by atoms with van der Waals surface area (Å²) in [4.78, 5) is 15.4. The summed E-state index contributed by atoms with van der Waals surface area (Å²) in [6.07, 6.45) is 3.37. The van der Waals surface area contributed by atoms with Gasteiger partial charge in [-0.2, -0.15) is 0 Å². The molecule has 4 aromatic rings. The van der Waals surface area contributed by atoms with E-state index in [2.05, 4.69) is 52.9 Å². The highest BCUT2D eigenvalue weighted by Crippen LogP contribution is 2.35. The molecule has 1 saturated heterocycles. The van der Waals surface area contributed by atoms with E-state index >= 15 is 0 Å². The van der Waals surface area contributed by atoms with Crippen LogP contribution in [0.4, 0.5) is 11.4 Å². The molecule has 0 saturated carbocycles. The number of fused-ring (bicyclic) bond motifs is 1. The number of rotatable bonds is 4. The number of hydrogen-bond acceptors (Lipinski definition) is 5. The Morgan fingerprint density at radius 2 is 1.73 bits per heavy atom. The minimum absolute atomic E-state index is 0.133. The van der Waals surface area contributed by atoms with E-state index in [0.717, 1.165) is 76.2 Å². The molecule has 0 unspecified atom stereocenters. The molecule has 0 bridgehead atoms. The number of aromatic nitrogens is 4. The summed E-state index contributed by atoms with van der Waals surface area (Å²) in [5.74, 6) is 0.854. The minimum atomic E-state index is 0.133. The van der Waals surface area contributed by atoms with Gasteiger partial charge in [0.15, 0.2) is 5.82 Å². The van der Waals surface area contributed by atoms with E-state index in [9.17, 15) is 4.79 Å². The van der Waals surface area contributed by atoms with E-state index in [1.165, 1.54) is 6.42 Å². The standard InChI is InChI=1S/C26H28N6O/c1-17-9-7-11-20-23(14-13-21(24(17)20)26(33)32-15-5-4-6-16-32)27-22-12-8-10-19(18(22)2)25-28-29-30-31(25)3/h7-14,27H,4-6,15-16H2,1-3H3. The van der Waals surface area contributed by atoms with Crippen LogP contribution in [0.15, 0.2) is 48.5 Å². The predicted molar refractivity (Wildman–Crippen MR) is 131 cm³/mol. The zero-order valence-corrected chi connectivity index (χ0v) is 19.3. The van der Waals surface area contributed by atoms with E-state index < -0.39 is 0 Å². The highest BCUT2D eigenvalue weighted by atomic mass is 16.2. The number of carbonyl (C=O) groups is 1. The molecule has 1 aromatic heterocycles. The van der Waals surface area contributed by atoms with Crippen molar-refractivity contribution in [2.75, 3.05) is 18.4 Å². The van der Waals surface area contributed by atoms with Gasteiger partial charge in [-0.3, -0.25) is 4.79 Å². The highest BCUT2D eigenvalue weighted by molar-refractivity contribution is 6.12. The number of hydrogen-bond donors (Lipinski definition) is 1. The molecule has 1 aliphatic rings. The molecule has 5 rings (SSSR count). The summed E-state index contributed by atoms with van der Waals surface area (Å²) in [7, 11) is 1.84. The fourth-order valence-electron chi connectivity index (χ4n) is 4.76. The van der Waals surface area contributed by atoms with Crippen LogP contribution >= 0.6 is 0 Å². The molecule has 33 heavy (non-hydrogen) atoms. The van der Waals surface area contributed by atoms with Crippen LogP contribution in [0.2, 0.25) is 0 Å². The molecule has 3 aromatic carbocycles. The van der Waals surface area contributed by atoms with Gasteiger partial charge < -0.3 is 10.2 Å². The third-order valence-electron chi connectivity index (χ3n) is 6.59. The number of amides is 1. The molecule has 1 fully saturated rings. The van der Waals surface area contributed by atoms with Crippen LogP contribution in [0.5, 0.6) is 0 Å². The molecule has 7 nitrogen and oxygen atoms in total. The van der Waals surface area contributed by atoms with Crippen LogP contribution in [0.1, 0.15) is 40.7 Å². The predicted octanol–water partition coefficient (Wildman–Crippen LogP) is 5.02. The maximum absolute atomic E-state index is 13.4. The van der Waals surface area contributed by atoms with Crippen molar-refractivity contribution in [3.63, 3.8) is 0 Å². The number of nitrogens with zero attached hydrogens (tertiary/aromatic N) is 5. The SMILES string of the molecule is Cc1c(Nc2ccc(C(=O)N3CCCCC3)c3c(C)cccc23)cccc1-c1nnnn1C. The summed E-state index contributed by atoms with van der Waals surface area (Å²) in [5.41, 5.74) is 5.88. The summed E-state index contributed by atoms with van der Waals surface area (Å²) in [6.45, 7) is 5.82. The van der Waals surface area contributed by atoms with Crippen molar-refractivity contribution in [1.82, 2.24) is 25.1 Å². The van der Waals surface area contributed by atoms with Gasteiger partial charge in [-0.15, -0.1) is 5.10 Å². The molecule has 1 aliphatic heterocycles. The van der Waals surface area contributed by atoms with Gasteiger partial charge >= 0.3 is 0 Å². The Hall–Kier alpha value is -3.74. The molecule has 1 amide bonds. The lowest BCUT2D eigenvalue weighted by Crippen LogP contribution is -2.35. The fourth-order valence-corrected chi connectivity index (χ4v) is 4.76. The summed E-state index contributed by atoms with van der Waals surface area (Å²) >= 11 is 0. The number of benzene rings is 3. The Balaban J connectivity index is 1.56. The van der Waals surface area contributed by atoms with Crippen molar-refractivity contribution in [2.45, 2.75) is 33.1 Å². The van der Waals surface area contributed by atoms with Gasteiger partial charge in [-0.25, -0.2) is 4.68 Å². The van der Waals surface area contributed by atoms with E-state index in [1.807, 2.05) is 42.3 Å². The first kappa shape index (κ1) is 21.1. The number of tetrazole rings is 1. The Labute approximate surface area is 193 Å². The zero-order valence-electron chi connectivity index (χ0n) is 19.3. The lowest BCUT2D eigenvalue weighted by molar-refractivity contribution is 0.0726. The largest absolute Gasteiger partial charge is 0.355 e. The zero-order chi connectivity index (χ0) is 22.9. The lowest BCUT2D eigenvalue weighted by atomic mass is 9.96. The summed E-state index contributed by atoms with van der Waals surface area (Å²) < 4.78 is 1.67. The smallest absolute Gasteiger partial charge is 0.254 e. The normalized spacial score (nSPS) is 14.0. The van der Waals surface area contributed by atoms with Crippen LogP contribution in [-0.4, -0.2) is 44.1 Å². The van der Waals surface area contributed by atoms with Gasteiger partial charge in [0, 0.05) is 48.0 Å². The number of piperidine rings is 1. The van der Waals surface area contributed by atoms with E-state index in [1.54, 1.807) is 4.68 Å². The second-order valence-electron chi connectivity index (χ2n) is 8.74. The molecule has 1 N–H and O–H groups in total. The third-order valence-corrected chi connectivity index (χ3v) is 6.59.